The highest BCUT2D eigenvalue weighted by atomic mass is 16.5. The van der Waals surface area contributed by atoms with E-state index in [0.717, 1.165) is 5.56 Å². The number of Topliss-reactive ketones (excluding diaryl/α,β-unsaturated/α-hetero) is 1. The standard InChI is InChI=1S/C27H23NO6/c1-16-4-13-22-24(14-16)34-26(19-7-11-21(32-3)12-8-19)27(25(22)31)33-15-23(30)18-5-9-20(10-6-18)28-17(2)29/h4-14H,15H2,1-3H3,(H,28,29). The molecule has 1 amide bonds. The van der Waals surface area contributed by atoms with Gasteiger partial charge in [0, 0.05) is 23.7 Å². The van der Waals surface area contributed by atoms with E-state index >= 15 is 0 Å². The molecule has 0 unspecified atom stereocenters. The van der Waals surface area contributed by atoms with E-state index in [1.165, 1.54) is 6.92 Å². The van der Waals surface area contributed by atoms with Crippen LogP contribution in [0, 0.1) is 6.92 Å². The van der Waals surface area contributed by atoms with Gasteiger partial charge in [-0.25, -0.2) is 0 Å². The lowest BCUT2D eigenvalue weighted by atomic mass is 10.1. The van der Waals surface area contributed by atoms with Crippen molar-refractivity contribution in [1.82, 2.24) is 0 Å². The van der Waals surface area contributed by atoms with Crippen molar-refractivity contribution in [3.8, 4) is 22.8 Å². The molecule has 1 N–H and O–H groups in total. The summed E-state index contributed by atoms with van der Waals surface area (Å²) in [6.45, 7) is 2.96. The maximum absolute atomic E-state index is 13.3. The summed E-state index contributed by atoms with van der Waals surface area (Å²) in [4.78, 5) is 37.2. The SMILES string of the molecule is COc1ccc(-c2oc3cc(C)ccc3c(=O)c2OCC(=O)c2ccc(NC(C)=O)cc2)cc1. The van der Waals surface area contributed by atoms with Gasteiger partial charge in [0.1, 0.15) is 11.3 Å². The molecule has 0 saturated carbocycles. The molecule has 7 heteroatoms. The van der Waals surface area contributed by atoms with Crippen LogP contribution in [0.25, 0.3) is 22.3 Å². The molecule has 0 atom stereocenters. The van der Waals surface area contributed by atoms with Gasteiger partial charge in [-0.15, -0.1) is 0 Å². The van der Waals surface area contributed by atoms with Crippen LogP contribution in [0.2, 0.25) is 0 Å². The Morgan fingerprint density at radius 3 is 2.32 bits per heavy atom. The van der Waals surface area contributed by atoms with E-state index in [2.05, 4.69) is 5.32 Å². The average Bonchev–Trinajstić information content (AvgIpc) is 2.83. The van der Waals surface area contributed by atoms with Gasteiger partial charge in [0.25, 0.3) is 0 Å². The van der Waals surface area contributed by atoms with Gasteiger partial charge in [-0.2, -0.15) is 0 Å². The summed E-state index contributed by atoms with van der Waals surface area (Å²) >= 11 is 0. The first-order valence-corrected chi connectivity index (χ1v) is 10.6. The van der Waals surface area contributed by atoms with Crippen LogP contribution < -0.4 is 20.2 Å². The third-order valence-corrected chi connectivity index (χ3v) is 5.23. The van der Waals surface area contributed by atoms with Gasteiger partial charge in [-0.3, -0.25) is 14.4 Å². The van der Waals surface area contributed by atoms with Crippen molar-refractivity contribution in [2.75, 3.05) is 19.0 Å². The van der Waals surface area contributed by atoms with E-state index in [9.17, 15) is 14.4 Å². The highest BCUT2D eigenvalue weighted by Crippen LogP contribution is 2.32. The Bertz CT molecular complexity index is 1420. The maximum Gasteiger partial charge on any atom is 0.235 e. The van der Waals surface area contributed by atoms with Crippen LogP contribution in [0.3, 0.4) is 0 Å². The number of carbonyl (C=O) groups excluding carboxylic acids is 2. The molecule has 1 aromatic heterocycles. The van der Waals surface area contributed by atoms with Crippen LogP contribution in [0.5, 0.6) is 11.5 Å². The minimum atomic E-state index is -0.360. The molecule has 3 aromatic carbocycles. The van der Waals surface area contributed by atoms with Crippen molar-refractivity contribution in [3.05, 3.63) is 88.1 Å². The number of carbonyl (C=O) groups is 2. The van der Waals surface area contributed by atoms with Crippen molar-refractivity contribution in [2.45, 2.75) is 13.8 Å². The zero-order valence-electron chi connectivity index (χ0n) is 19.0. The van der Waals surface area contributed by atoms with E-state index in [1.807, 2.05) is 13.0 Å². The summed E-state index contributed by atoms with van der Waals surface area (Å²) in [6, 6.07) is 18.7. The number of methoxy groups -OCH3 is 1. The number of ether oxygens (including phenoxy) is 2. The number of aryl methyl sites for hydroxylation is 1. The van der Waals surface area contributed by atoms with Crippen LogP contribution in [-0.2, 0) is 4.79 Å². The molecule has 1 heterocycles. The number of fused-ring (bicyclic) bond motifs is 1. The average molecular weight is 457 g/mol. The number of amides is 1. The highest BCUT2D eigenvalue weighted by molar-refractivity contribution is 5.98. The van der Waals surface area contributed by atoms with Gasteiger partial charge < -0.3 is 19.2 Å². The lowest BCUT2D eigenvalue weighted by Crippen LogP contribution is -2.17. The molecule has 0 spiro atoms. The van der Waals surface area contributed by atoms with Crippen molar-refractivity contribution in [1.29, 1.82) is 0 Å². The predicted molar refractivity (Wildman–Crippen MR) is 130 cm³/mol. The first kappa shape index (κ1) is 22.8. The molecule has 34 heavy (non-hydrogen) atoms. The minimum Gasteiger partial charge on any atom is -0.497 e. The third-order valence-electron chi connectivity index (χ3n) is 5.23. The molecule has 0 bridgehead atoms. The third kappa shape index (κ3) is 4.83. The van der Waals surface area contributed by atoms with Crippen LogP contribution in [-0.4, -0.2) is 25.4 Å². The molecule has 0 aliphatic heterocycles. The first-order chi connectivity index (χ1) is 16.4. The lowest BCUT2D eigenvalue weighted by molar-refractivity contribution is -0.114. The molecule has 172 valence electrons. The van der Waals surface area contributed by atoms with Crippen molar-refractivity contribution >= 4 is 28.3 Å². The zero-order valence-corrected chi connectivity index (χ0v) is 19.0. The molecule has 4 aromatic rings. The highest BCUT2D eigenvalue weighted by Gasteiger charge is 2.19. The Labute approximate surface area is 195 Å². The summed E-state index contributed by atoms with van der Waals surface area (Å²) < 4.78 is 17.1. The van der Waals surface area contributed by atoms with Crippen LogP contribution in [0.1, 0.15) is 22.8 Å². The maximum atomic E-state index is 13.3. The van der Waals surface area contributed by atoms with E-state index in [1.54, 1.807) is 67.8 Å². The Morgan fingerprint density at radius 1 is 0.971 bits per heavy atom. The quantitative estimate of drug-likeness (QED) is 0.393. The van der Waals surface area contributed by atoms with Crippen molar-refractivity contribution < 1.29 is 23.5 Å². The zero-order chi connectivity index (χ0) is 24.2. The second kappa shape index (κ2) is 9.62. The summed E-state index contributed by atoms with van der Waals surface area (Å²) in [5.74, 6) is 0.331. The van der Waals surface area contributed by atoms with Gasteiger partial charge in [0.05, 0.1) is 12.5 Å². The molecule has 7 nitrogen and oxygen atoms in total. The Kier molecular flexibility index (Phi) is 6.45. The summed E-state index contributed by atoms with van der Waals surface area (Å²) in [5.41, 5.74) is 2.60. The monoisotopic (exact) mass is 457 g/mol. The summed E-state index contributed by atoms with van der Waals surface area (Å²) in [7, 11) is 1.57. The van der Waals surface area contributed by atoms with Crippen molar-refractivity contribution in [2.24, 2.45) is 0 Å². The smallest absolute Gasteiger partial charge is 0.235 e. The van der Waals surface area contributed by atoms with E-state index in [4.69, 9.17) is 13.9 Å². The van der Waals surface area contributed by atoms with E-state index in [0.29, 0.717) is 33.5 Å². The molecular formula is C27H23NO6. The fourth-order valence-corrected chi connectivity index (χ4v) is 3.51. The van der Waals surface area contributed by atoms with Gasteiger partial charge in [0.15, 0.2) is 18.2 Å². The van der Waals surface area contributed by atoms with Crippen molar-refractivity contribution in [3.63, 3.8) is 0 Å². The number of benzene rings is 3. The first-order valence-electron chi connectivity index (χ1n) is 10.6. The Balaban J connectivity index is 1.68. The second-order valence-corrected chi connectivity index (χ2v) is 7.79. The number of anilines is 1. The molecule has 4 rings (SSSR count). The molecular weight excluding hydrogens is 434 g/mol. The largest absolute Gasteiger partial charge is 0.497 e. The number of rotatable bonds is 7. The lowest BCUT2D eigenvalue weighted by Gasteiger charge is -2.12. The summed E-state index contributed by atoms with van der Waals surface area (Å²) in [6.07, 6.45) is 0. The number of nitrogens with one attached hydrogen (secondary N) is 1. The van der Waals surface area contributed by atoms with Crippen LogP contribution >= 0.6 is 0 Å². The second-order valence-electron chi connectivity index (χ2n) is 7.79. The molecule has 0 radical (unpaired) electrons. The predicted octanol–water partition coefficient (Wildman–Crippen LogP) is 5.00. The van der Waals surface area contributed by atoms with Crippen LogP contribution in [0.15, 0.2) is 75.9 Å². The molecule has 0 aliphatic carbocycles. The normalized spacial score (nSPS) is 10.7. The Morgan fingerprint density at radius 2 is 1.68 bits per heavy atom. The topological polar surface area (TPSA) is 94.8 Å². The fraction of sp³-hybridized carbons (Fsp3) is 0.148. The van der Waals surface area contributed by atoms with Gasteiger partial charge in [0.2, 0.25) is 17.1 Å². The number of hydrogen-bond donors (Lipinski definition) is 1. The Hall–Kier alpha value is -4.39. The molecule has 0 fully saturated rings. The van der Waals surface area contributed by atoms with E-state index in [-0.39, 0.29) is 35.2 Å². The molecule has 0 saturated heterocycles. The summed E-state index contributed by atoms with van der Waals surface area (Å²) in [5, 5.41) is 3.01. The minimum absolute atomic E-state index is 0.0373. The van der Waals surface area contributed by atoms with Gasteiger partial charge >= 0.3 is 0 Å². The number of hydrogen-bond acceptors (Lipinski definition) is 6. The van der Waals surface area contributed by atoms with Gasteiger partial charge in [-0.1, -0.05) is 6.07 Å². The fourth-order valence-electron chi connectivity index (χ4n) is 3.51. The van der Waals surface area contributed by atoms with E-state index < -0.39 is 0 Å². The molecule has 0 aliphatic rings. The van der Waals surface area contributed by atoms with Gasteiger partial charge in [-0.05, 0) is 73.2 Å². The number of ketones is 1. The van der Waals surface area contributed by atoms with Crippen LogP contribution in [0.4, 0.5) is 5.69 Å².